The van der Waals surface area contributed by atoms with Gasteiger partial charge in [0.2, 0.25) is 0 Å². The zero-order valence-electron chi connectivity index (χ0n) is 20.5. The topological polar surface area (TPSA) is 55.8 Å². The molecule has 2 aromatic rings. The van der Waals surface area contributed by atoms with Crippen molar-refractivity contribution in [3.63, 3.8) is 0 Å². The van der Waals surface area contributed by atoms with Gasteiger partial charge in [0.1, 0.15) is 6.61 Å². The molecule has 5 nitrogen and oxygen atoms in total. The van der Waals surface area contributed by atoms with E-state index in [4.69, 9.17) is 21.1 Å². The van der Waals surface area contributed by atoms with Crippen LogP contribution < -0.4 is 9.47 Å². The summed E-state index contributed by atoms with van der Waals surface area (Å²) in [4.78, 5) is 28.7. The van der Waals surface area contributed by atoms with Crippen molar-refractivity contribution in [2.75, 3.05) is 13.7 Å². The number of hydrogen-bond donors (Lipinski definition) is 0. The number of Topliss-reactive ketones (excluding diaryl/α,β-unsaturated/α-hetero) is 2. The number of benzene rings is 2. The summed E-state index contributed by atoms with van der Waals surface area (Å²) in [6, 6.07) is 11.6. The third-order valence-electron chi connectivity index (χ3n) is 7.24. The van der Waals surface area contributed by atoms with Crippen molar-refractivity contribution in [1.82, 2.24) is 4.90 Å². The van der Waals surface area contributed by atoms with E-state index in [-0.39, 0.29) is 17.5 Å². The number of allylic oxidation sites excluding steroid dienone is 4. The van der Waals surface area contributed by atoms with E-state index in [1.165, 1.54) is 0 Å². The van der Waals surface area contributed by atoms with Crippen molar-refractivity contribution in [1.29, 1.82) is 0 Å². The third kappa shape index (κ3) is 4.58. The summed E-state index contributed by atoms with van der Waals surface area (Å²) in [7, 11) is 2.01. The Morgan fingerprint density at radius 1 is 0.972 bits per heavy atom. The van der Waals surface area contributed by atoms with Crippen molar-refractivity contribution in [2.24, 2.45) is 0 Å². The fourth-order valence-electron chi connectivity index (χ4n) is 5.61. The standard InChI is InChI=1S/C29H29ClINO4/c1-3-35-25-15-18(14-20(31)29(25)36-16-17-8-4-5-9-19(17)30)26-27-21(10-6-12-23(27)33)32(2)22-11-7-13-24(34)28(22)26/h4-5,8-9,14-15,26H,3,6-7,10-13,16H2,1-2H3. The second kappa shape index (κ2) is 10.6. The molecule has 3 aliphatic rings. The van der Waals surface area contributed by atoms with Crippen LogP contribution >= 0.6 is 34.2 Å². The Bertz CT molecular complexity index is 1250. The Morgan fingerprint density at radius 3 is 2.22 bits per heavy atom. The molecule has 7 heteroatoms. The molecule has 0 bridgehead atoms. The molecular weight excluding hydrogens is 589 g/mol. The van der Waals surface area contributed by atoms with Gasteiger partial charge in [-0.3, -0.25) is 9.59 Å². The zero-order valence-corrected chi connectivity index (χ0v) is 23.4. The molecule has 0 radical (unpaired) electrons. The Balaban J connectivity index is 1.60. The maximum absolute atomic E-state index is 13.3. The SMILES string of the molecule is CCOc1cc(C2C3=C(CCCC3=O)N(C)C3=C2C(=O)CCC3)cc(I)c1OCc1ccccc1Cl. The van der Waals surface area contributed by atoms with Gasteiger partial charge < -0.3 is 14.4 Å². The van der Waals surface area contributed by atoms with E-state index in [0.29, 0.717) is 42.6 Å². The van der Waals surface area contributed by atoms with E-state index in [0.717, 1.165) is 62.9 Å². The molecule has 36 heavy (non-hydrogen) atoms. The summed E-state index contributed by atoms with van der Waals surface area (Å²) in [6.45, 7) is 2.71. The highest BCUT2D eigenvalue weighted by Gasteiger charge is 2.42. The molecule has 1 heterocycles. The van der Waals surface area contributed by atoms with Crippen LogP contribution in [0.15, 0.2) is 58.9 Å². The molecule has 5 rings (SSSR count). The van der Waals surface area contributed by atoms with Gasteiger partial charge in [-0.15, -0.1) is 0 Å². The molecule has 0 aromatic heterocycles. The molecule has 1 aliphatic heterocycles. The van der Waals surface area contributed by atoms with Crippen LogP contribution in [0.2, 0.25) is 5.02 Å². The van der Waals surface area contributed by atoms with Gasteiger partial charge in [0.15, 0.2) is 23.1 Å². The first-order valence-electron chi connectivity index (χ1n) is 12.5. The van der Waals surface area contributed by atoms with Crippen molar-refractivity contribution >= 4 is 45.8 Å². The molecule has 0 saturated carbocycles. The Labute approximate surface area is 230 Å². The van der Waals surface area contributed by atoms with Crippen molar-refractivity contribution in [2.45, 2.75) is 58.0 Å². The molecule has 0 atom stereocenters. The van der Waals surface area contributed by atoms with Crippen molar-refractivity contribution in [3.05, 3.63) is 78.7 Å². The number of ketones is 2. The summed E-state index contributed by atoms with van der Waals surface area (Å²) < 4.78 is 13.1. The van der Waals surface area contributed by atoms with Crippen LogP contribution in [-0.2, 0) is 16.2 Å². The predicted molar refractivity (Wildman–Crippen MR) is 148 cm³/mol. The molecule has 0 amide bonds. The van der Waals surface area contributed by atoms with Gasteiger partial charge in [0, 0.05) is 58.9 Å². The zero-order chi connectivity index (χ0) is 25.4. The number of carbonyl (C=O) groups excluding carboxylic acids is 2. The molecule has 2 aromatic carbocycles. The summed E-state index contributed by atoms with van der Waals surface area (Å²) >= 11 is 8.59. The smallest absolute Gasteiger partial charge is 0.174 e. The van der Waals surface area contributed by atoms with Gasteiger partial charge in [-0.25, -0.2) is 0 Å². The molecule has 0 spiro atoms. The first kappa shape index (κ1) is 25.3. The van der Waals surface area contributed by atoms with Gasteiger partial charge in [0.05, 0.1) is 10.2 Å². The summed E-state index contributed by atoms with van der Waals surface area (Å²) in [5, 5.41) is 0.652. The lowest BCUT2D eigenvalue weighted by Gasteiger charge is -2.42. The Hall–Kier alpha value is -2.32. The molecule has 0 fully saturated rings. The fourth-order valence-corrected chi connectivity index (χ4v) is 6.58. The van der Waals surface area contributed by atoms with Gasteiger partial charge in [-0.1, -0.05) is 29.8 Å². The summed E-state index contributed by atoms with van der Waals surface area (Å²) in [5.41, 5.74) is 5.49. The van der Waals surface area contributed by atoms with E-state index in [2.05, 4.69) is 27.5 Å². The highest BCUT2D eigenvalue weighted by molar-refractivity contribution is 14.1. The van der Waals surface area contributed by atoms with Crippen LogP contribution in [0.5, 0.6) is 11.5 Å². The van der Waals surface area contributed by atoms with E-state index in [9.17, 15) is 9.59 Å². The van der Waals surface area contributed by atoms with Crippen molar-refractivity contribution in [3.8, 4) is 11.5 Å². The normalized spacial score (nSPS) is 18.4. The van der Waals surface area contributed by atoms with Gasteiger partial charge in [0.25, 0.3) is 0 Å². The predicted octanol–water partition coefficient (Wildman–Crippen LogP) is 6.97. The number of halogens is 2. The second-order valence-corrected chi connectivity index (χ2v) is 11.0. The van der Waals surface area contributed by atoms with E-state index >= 15 is 0 Å². The van der Waals surface area contributed by atoms with Crippen LogP contribution in [0.1, 0.15) is 62.5 Å². The quantitative estimate of drug-likeness (QED) is 0.328. The van der Waals surface area contributed by atoms with Crippen LogP contribution in [0.3, 0.4) is 0 Å². The van der Waals surface area contributed by atoms with Gasteiger partial charge in [-0.2, -0.15) is 0 Å². The number of carbonyl (C=O) groups is 2. The third-order valence-corrected chi connectivity index (χ3v) is 8.41. The van der Waals surface area contributed by atoms with Crippen LogP contribution in [0.4, 0.5) is 0 Å². The number of nitrogens with zero attached hydrogens (tertiary/aromatic N) is 1. The summed E-state index contributed by atoms with van der Waals surface area (Å²) in [6.07, 6.45) is 4.45. The molecular formula is C29H29ClINO4. The Morgan fingerprint density at radius 2 is 1.61 bits per heavy atom. The highest BCUT2D eigenvalue weighted by Crippen LogP contribution is 2.50. The van der Waals surface area contributed by atoms with Gasteiger partial charge in [-0.05, 0) is 79.0 Å². The molecule has 188 valence electrons. The molecule has 0 saturated heterocycles. The lowest BCUT2D eigenvalue weighted by molar-refractivity contribution is -0.117. The number of rotatable bonds is 6. The van der Waals surface area contributed by atoms with Crippen molar-refractivity contribution < 1.29 is 19.1 Å². The minimum Gasteiger partial charge on any atom is -0.490 e. The van der Waals surface area contributed by atoms with E-state index < -0.39 is 0 Å². The average molecular weight is 618 g/mol. The minimum absolute atomic E-state index is 0.144. The highest BCUT2D eigenvalue weighted by atomic mass is 127. The second-order valence-electron chi connectivity index (χ2n) is 9.41. The van der Waals surface area contributed by atoms with Crippen LogP contribution in [0, 0.1) is 3.57 Å². The monoisotopic (exact) mass is 617 g/mol. The van der Waals surface area contributed by atoms with Crippen LogP contribution in [-0.4, -0.2) is 30.1 Å². The summed E-state index contributed by atoms with van der Waals surface area (Å²) in [5.74, 6) is 1.18. The van der Waals surface area contributed by atoms with E-state index in [1.807, 2.05) is 50.4 Å². The number of ether oxygens (including phenoxy) is 2. The lowest BCUT2D eigenvalue weighted by atomic mass is 9.71. The fraction of sp³-hybridized carbons (Fsp3) is 0.379. The molecule has 0 unspecified atom stereocenters. The van der Waals surface area contributed by atoms with E-state index in [1.54, 1.807) is 0 Å². The molecule has 0 N–H and O–H groups in total. The molecule has 2 aliphatic carbocycles. The largest absolute Gasteiger partial charge is 0.490 e. The average Bonchev–Trinajstić information content (AvgIpc) is 2.86. The maximum atomic E-state index is 13.3. The first-order chi connectivity index (χ1) is 17.4. The first-order valence-corrected chi connectivity index (χ1v) is 13.9. The van der Waals surface area contributed by atoms with Crippen LogP contribution in [0.25, 0.3) is 0 Å². The van der Waals surface area contributed by atoms with Gasteiger partial charge >= 0.3 is 0 Å². The maximum Gasteiger partial charge on any atom is 0.174 e. The Kier molecular flexibility index (Phi) is 7.45. The minimum atomic E-state index is -0.364. The number of hydrogen-bond acceptors (Lipinski definition) is 5. The lowest BCUT2D eigenvalue weighted by Crippen LogP contribution is -2.37.